The minimum absolute atomic E-state index is 0.206. The third-order valence-corrected chi connectivity index (χ3v) is 3.10. The molecular formula is C12H16N6O3. The summed E-state index contributed by atoms with van der Waals surface area (Å²) in [6.45, 7) is 1.63. The van der Waals surface area contributed by atoms with Gasteiger partial charge in [-0.25, -0.2) is 14.5 Å². The van der Waals surface area contributed by atoms with E-state index < -0.39 is 12.0 Å². The molecule has 1 N–H and O–H groups in total. The van der Waals surface area contributed by atoms with Gasteiger partial charge in [-0.1, -0.05) is 5.21 Å². The normalized spacial score (nSPS) is 12.2. The number of amides is 1. The van der Waals surface area contributed by atoms with Crippen LogP contribution >= 0.6 is 0 Å². The number of carbonyl (C=O) groups excluding carboxylic acids is 1. The number of nitrogens with zero attached hydrogens (tertiary/aromatic N) is 6. The predicted molar refractivity (Wildman–Crippen MR) is 72.6 cm³/mol. The van der Waals surface area contributed by atoms with E-state index in [0.717, 1.165) is 0 Å². The van der Waals surface area contributed by atoms with Crippen LogP contribution in [0.1, 0.15) is 23.5 Å². The molecule has 112 valence electrons. The maximum absolute atomic E-state index is 12.1. The number of hydrogen-bond donors (Lipinski definition) is 1. The molecule has 0 aliphatic carbocycles. The Balaban J connectivity index is 2.61. The average molecular weight is 292 g/mol. The van der Waals surface area contributed by atoms with Crippen LogP contribution in [0.3, 0.4) is 0 Å². The SMILES string of the molecule is CC(C(=O)N(C)C)n1nnc(C(=O)O)c1-c1nccn1C. The van der Waals surface area contributed by atoms with Gasteiger partial charge in [0.05, 0.1) is 0 Å². The van der Waals surface area contributed by atoms with Crippen molar-refractivity contribution in [2.24, 2.45) is 7.05 Å². The fraction of sp³-hybridized carbons (Fsp3) is 0.417. The van der Waals surface area contributed by atoms with Gasteiger partial charge in [0.15, 0.2) is 5.82 Å². The summed E-state index contributed by atoms with van der Waals surface area (Å²) < 4.78 is 2.93. The summed E-state index contributed by atoms with van der Waals surface area (Å²) in [6.07, 6.45) is 3.22. The Morgan fingerprint density at radius 1 is 1.38 bits per heavy atom. The summed E-state index contributed by atoms with van der Waals surface area (Å²) in [5.74, 6) is -1.05. The Kier molecular flexibility index (Phi) is 3.74. The van der Waals surface area contributed by atoms with Crippen LogP contribution in [0.15, 0.2) is 12.4 Å². The second-order valence-electron chi connectivity index (χ2n) is 4.81. The van der Waals surface area contributed by atoms with Gasteiger partial charge < -0.3 is 14.6 Å². The summed E-state index contributed by atoms with van der Waals surface area (Å²) >= 11 is 0. The van der Waals surface area contributed by atoms with Crippen molar-refractivity contribution in [1.29, 1.82) is 0 Å². The maximum Gasteiger partial charge on any atom is 0.358 e. The van der Waals surface area contributed by atoms with Crippen LogP contribution in [0.2, 0.25) is 0 Å². The molecule has 2 aromatic heterocycles. The third-order valence-electron chi connectivity index (χ3n) is 3.10. The first-order valence-corrected chi connectivity index (χ1v) is 6.22. The molecule has 21 heavy (non-hydrogen) atoms. The highest BCUT2D eigenvalue weighted by Gasteiger charge is 2.29. The number of carbonyl (C=O) groups is 2. The highest BCUT2D eigenvalue weighted by atomic mass is 16.4. The van der Waals surface area contributed by atoms with Gasteiger partial charge in [-0.15, -0.1) is 5.10 Å². The Bertz CT molecular complexity index is 687. The minimum atomic E-state index is -1.22. The van der Waals surface area contributed by atoms with Gasteiger partial charge in [0, 0.05) is 33.5 Å². The van der Waals surface area contributed by atoms with Gasteiger partial charge in [0.25, 0.3) is 0 Å². The standard InChI is InChI=1S/C12H16N6O3/c1-7(11(19)16(2)3)18-9(8(12(20)21)14-15-18)10-13-5-6-17(10)4/h5-7H,1-4H3,(H,20,21). The lowest BCUT2D eigenvalue weighted by Gasteiger charge is -2.18. The van der Waals surface area contributed by atoms with E-state index in [1.807, 2.05) is 0 Å². The smallest absolute Gasteiger partial charge is 0.358 e. The van der Waals surface area contributed by atoms with E-state index in [2.05, 4.69) is 15.3 Å². The Labute approximate surface area is 120 Å². The highest BCUT2D eigenvalue weighted by molar-refractivity contribution is 5.92. The van der Waals surface area contributed by atoms with E-state index in [9.17, 15) is 14.7 Å². The van der Waals surface area contributed by atoms with Crippen LogP contribution in [0.4, 0.5) is 0 Å². The second kappa shape index (κ2) is 5.35. The van der Waals surface area contributed by atoms with Gasteiger partial charge >= 0.3 is 5.97 Å². The monoisotopic (exact) mass is 292 g/mol. The third kappa shape index (κ3) is 2.49. The molecule has 0 spiro atoms. The van der Waals surface area contributed by atoms with Crippen molar-refractivity contribution in [2.75, 3.05) is 14.1 Å². The van der Waals surface area contributed by atoms with Crippen molar-refractivity contribution in [2.45, 2.75) is 13.0 Å². The Morgan fingerprint density at radius 3 is 2.52 bits per heavy atom. The van der Waals surface area contributed by atoms with E-state index in [0.29, 0.717) is 5.82 Å². The molecule has 0 saturated heterocycles. The number of likely N-dealkylation sites (N-methyl/N-ethyl adjacent to an activating group) is 1. The zero-order valence-corrected chi connectivity index (χ0v) is 12.2. The molecule has 9 nitrogen and oxygen atoms in total. The van der Waals surface area contributed by atoms with Gasteiger partial charge in [-0.05, 0) is 6.92 Å². The van der Waals surface area contributed by atoms with Gasteiger partial charge in [0.2, 0.25) is 11.6 Å². The van der Waals surface area contributed by atoms with Crippen molar-refractivity contribution in [3.63, 3.8) is 0 Å². The number of aromatic carboxylic acids is 1. The number of aryl methyl sites for hydroxylation is 1. The van der Waals surface area contributed by atoms with Gasteiger partial charge in [0.1, 0.15) is 11.7 Å². The maximum atomic E-state index is 12.1. The van der Waals surface area contributed by atoms with E-state index in [1.165, 1.54) is 15.8 Å². The Hall–Kier alpha value is -2.71. The zero-order chi connectivity index (χ0) is 15.7. The van der Waals surface area contributed by atoms with Gasteiger partial charge in [-0.2, -0.15) is 0 Å². The van der Waals surface area contributed by atoms with E-state index in [1.54, 1.807) is 38.8 Å². The molecule has 2 aromatic rings. The van der Waals surface area contributed by atoms with Crippen LogP contribution in [0.5, 0.6) is 0 Å². The summed E-state index contributed by atoms with van der Waals surface area (Å²) in [5, 5.41) is 16.7. The van der Waals surface area contributed by atoms with Crippen molar-refractivity contribution in [3.05, 3.63) is 18.1 Å². The molecule has 2 heterocycles. The number of carboxylic acids is 1. The number of hydrogen-bond acceptors (Lipinski definition) is 5. The first kappa shape index (κ1) is 14.7. The van der Waals surface area contributed by atoms with Crippen LogP contribution in [-0.2, 0) is 11.8 Å². The average Bonchev–Trinajstić information content (AvgIpc) is 3.02. The van der Waals surface area contributed by atoms with Crippen molar-refractivity contribution in [3.8, 4) is 11.5 Å². The molecule has 9 heteroatoms. The molecule has 1 atom stereocenters. The Morgan fingerprint density at radius 2 is 2.05 bits per heavy atom. The molecule has 0 saturated carbocycles. The fourth-order valence-corrected chi connectivity index (χ4v) is 1.99. The predicted octanol–water partition coefficient (Wildman–Crippen LogP) is 0.0260. The molecule has 0 aliphatic heterocycles. The first-order chi connectivity index (χ1) is 9.84. The lowest BCUT2D eigenvalue weighted by atomic mass is 10.2. The zero-order valence-electron chi connectivity index (χ0n) is 12.2. The molecule has 2 rings (SSSR count). The molecule has 1 amide bonds. The highest BCUT2D eigenvalue weighted by Crippen LogP contribution is 2.24. The number of carboxylic acid groups (broad SMARTS) is 1. The van der Waals surface area contributed by atoms with Gasteiger partial charge in [-0.3, -0.25) is 4.79 Å². The van der Waals surface area contributed by atoms with E-state index >= 15 is 0 Å². The minimum Gasteiger partial charge on any atom is -0.476 e. The van der Waals surface area contributed by atoms with Crippen LogP contribution in [0, 0.1) is 0 Å². The summed E-state index contributed by atoms with van der Waals surface area (Å²) in [7, 11) is 4.96. The first-order valence-electron chi connectivity index (χ1n) is 6.22. The quantitative estimate of drug-likeness (QED) is 0.852. The summed E-state index contributed by atoms with van der Waals surface area (Å²) in [5.41, 5.74) is -0.0274. The lowest BCUT2D eigenvalue weighted by molar-refractivity contribution is -0.131. The number of rotatable bonds is 4. The fourth-order valence-electron chi connectivity index (χ4n) is 1.99. The molecular weight excluding hydrogens is 276 g/mol. The summed E-state index contributed by atoms with van der Waals surface area (Å²) in [6, 6.07) is -0.688. The van der Waals surface area contributed by atoms with E-state index in [4.69, 9.17) is 0 Å². The van der Waals surface area contributed by atoms with Crippen LogP contribution < -0.4 is 0 Å². The van der Waals surface area contributed by atoms with E-state index in [-0.39, 0.29) is 17.3 Å². The molecule has 1 unspecified atom stereocenters. The molecule has 0 bridgehead atoms. The topological polar surface area (TPSA) is 106 Å². The molecule has 0 aromatic carbocycles. The van der Waals surface area contributed by atoms with Crippen LogP contribution in [-0.4, -0.2) is 60.5 Å². The molecule has 0 aliphatic rings. The van der Waals surface area contributed by atoms with Crippen LogP contribution in [0.25, 0.3) is 11.5 Å². The molecule has 0 fully saturated rings. The largest absolute Gasteiger partial charge is 0.476 e. The number of aromatic nitrogens is 5. The second-order valence-corrected chi connectivity index (χ2v) is 4.81. The lowest BCUT2D eigenvalue weighted by Crippen LogP contribution is -2.31. The van der Waals surface area contributed by atoms with Crippen molar-refractivity contribution in [1.82, 2.24) is 29.4 Å². The van der Waals surface area contributed by atoms with Crippen molar-refractivity contribution < 1.29 is 14.7 Å². The number of imidazole rings is 1. The van der Waals surface area contributed by atoms with Crippen molar-refractivity contribution >= 4 is 11.9 Å². The summed E-state index contributed by atoms with van der Waals surface area (Å²) in [4.78, 5) is 28.9. The molecule has 0 radical (unpaired) electrons.